The van der Waals surface area contributed by atoms with Crippen LogP contribution < -0.4 is 4.74 Å². The van der Waals surface area contributed by atoms with Crippen molar-refractivity contribution in [3.8, 4) is 5.75 Å². The molecule has 102 valence electrons. The fourth-order valence-corrected chi connectivity index (χ4v) is 3.28. The molecule has 1 aromatic carbocycles. The SMILES string of the molecule is CCCC(=O)c1cc2cc(Br)c(OCOC)cc2s1. The normalized spacial score (nSPS) is 10.9. The zero-order valence-corrected chi connectivity index (χ0v) is 13.3. The Balaban J connectivity index is 2.34. The van der Waals surface area contributed by atoms with Gasteiger partial charge >= 0.3 is 0 Å². The molecular weight excluding hydrogens is 328 g/mol. The second-order valence-electron chi connectivity index (χ2n) is 4.16. The first-order chi connectivity index (χ1) is 9.15. The molecule has 0 unspecified atom stereocenters. The van der Waals surface area contributed by atoms with Crippen molar-refractivity contribution in [1.82, 2.24) is 0 Å². The molecule has 0 atom stereocenters. The van der Waals surface area contributed by atoms with Gasteiger partial charge in [0.15, 0.2) is 12.6 Å². The quantitative estimate of drug-likeness (QED) is 0.567. The maximum Gasteiger partial charge on any atom is 0.188 e. The van der Waals surface area contributed by atoms with Crippen LogP contribution in [-0.4, -0.2) is 19.7 Å². The Hall–Kier alpha value is -0.910. The third-order valence-electron chi connectivity index (χ3n) is 2.65. The number of rotatable bonds is 6. The van der Waals surface area contributed by atoms with Crippen LogP contribution in [0.15, 0.2) is 22.7 Å². The molecule has 0 aliphatic rings. The summed E-state index contributed by atoms with van der Waals surface area (Å²) in [5.74, 6) is 0.935. The van der Waals surface area contributed by atoms with Gasteiger partial charge in [-0.15, -0.1) is 11.3 Å². The Morgan fingerprint density at radius 1 is 1.37 bits per heavy atom. The van der Waals surface area contributed by atoms with E-state index in [0.717, 1.165) is 31.6 Å². The van der Waals surface area contributed by atoms with Gasteiger partial charge in [-0.2, -0.15) is 0 Å². The number of ketones is 1. The zero-order valence-electron chi connectivity index (χ0n) is 10.9. The number of carbonyl (C=O) groups excluding carboxylic acids is 1. The van der Waals surface area contributed by atoms with E-state index in [1.807, 2.05) is 25.1 Å². The number of hydrogen-bond donors (Lipinski definition) is 0. The molecule has 0 aliphatic carbocycles. The topological polar surface area (TPSA) is 35.5 Å². The van der Waals surface area contributed by atoms with Crippen LogP contribution in [0.5, 0.6) is 5.75 Å². The average molecular weight is 343 g/mol. The highest BCUT2D eigenvalue weighted by atomic mass is 79.9. The summed E-state index contributed by atoms with van der Waals surface area (Å²) in [6, 6.07) is 5.86. The summed E-state index contributed by atoms with van der Waals surface area (Å²) < 4.78 is 12.3. The molecule has 3 nitrogen and oxygen atoms in total. The predicted octanol–water partition coefficient (Wildman–Crippen LogP) is 4.63. The van der Waals surface area contributed by atoms with Gasteiger partial charge in [0.05, 0.1) is 9.35 Å². The molecule has 0 saturated heterocycles. The van der Waals surface area contributed by atoms with E-state index < -0.39 is 0 Å². The number of Topliss-reactive ketones (excluding diaryl/α,β-unsaturated/α-hetero) is 1. The van der Waals surface area contributed by atoms with Crippen molar-refractivity contribution in [2.24, 2.45) is 0 Å². The molecule has 0 radical (unpaired) electrons. The number of fused-ring (bicyclic) bond motifs is 1. The van der Waals surface area contributed by atoms with Gasteiger partial charge in [-0.3, -0.25) is 4.79 Å². The molecule has 0 spiro atoms. The number of hydrogen-bond acceptors (Lipinski definition) is 4. The van der Waals surface area contributed by atoms with E-state index in [1.165, 1.54) is 11.3 Å². The number of thiophene rings is 1. The van der Waals surface area contributed by atoms with Crippen LogP contribution >= 0.6 is 27.3 Å². The standard InChI is InChI=1S/C14H15BrO3S/c1-3-4-11(16)14-6-9-5-10(15)12(18-8-17-2)7-13(9)19-14/h5-7H,3-4,8H2,1-2H3. The van der Waals surface area contributed by atoms with Gasteiger partial charge in [0.1, 0.15) is 5.75 Å². The van der Waals surface area contributed by atoms with Crippen molar-refractivity contribution < 1.29 is 14.3 Å². The van der Waals surface area contributed by atoms with Crippen molar-refractivity contribution in [3.05, 3.63) is 27.5 Å². The van der Waals surface area contributed by atoms with Gasteiger partial charge in [-0.05, 0) is 45.9 Å². The maximum atomic E-state index is 11.9. The minimum absolute atomic E-state index is 0.205. The van der Waals surface area contributed by atoms with Crippen LogP contribution in [0.25, 0.3) is 10.1 Å². The molecule has 1 aromatic heterocycles. The van der Waals surface area contributed by atoms with Crippen LogP contribution in [-0.2, 0) is 4.74 Å². The minimum atomic E-state index is 0.205. The Kier molecular flexibility index (Phi) is 4.96. The highest BCUT2D eigenvalue weighted by Crippen LogP contribution is 2.35. The third kappa shape index (κ3) is 3.35. The maximum absolute atomic E-state index is 11.9. The monoisotopic (exact) mass is 342 g/mol. The van der Waals surface area contributed by atoms with Gasteiger partial charge in [-0.1, -0.05) is 6.92 Å². The fourth-order valence-electron chi connectivity index (χ4n) is 1.76. The molecule has 0 bridgehead atoms. The smallest absolute Gasteiger partial charge is 0.188 e. The lowest BCUT2D eigenvalue weighted by molar-refractivity contribution is 0.0507. The molecule has 0 fully saturated rings. The van der Waals surface area contributed by atoms with Crippen molar-refractivity contribution in [3.63, 3.8) is 0 Å². The Bertz CT molecular complexity index is 592. The summed E-state index contributed by atoms with van der Waals surface area (Å²) in [4.78, 5) is 12.7. The summed E-state index contributed by atoms with van der Waals surface area (Å²) in [5.41, 5.74) is 0. The predicted molar refractivity (Wildman–Crippen MR) is 81.3 cm³/mol. The van der Waals surface area contributed by atoms with Crippen molar-refractivity contribution >= 4 is 43.1 Å². The van der Waals surface area contributed by atoms with Crippen LogP contribution in [0.3, 0.4) is 0 Å². The number of halogens is 1. The molecule has 19 heavy (non-hydrogen) atoms. The van der Waals surface area contributed by atoms with Crippen molar-refractivity contribution in [2.75, 3.05) is 13.9 Å². The molecule has 0 amide bonds. The highest BCUT2D eigenvalue weighted by molar-refractivity contribution is 9.10. The van der Waals surface area contributed by atoms with Gasteiger partial charge in [0, 0.05) is 18.2 Å². The number of methoxy groups -OCH3 is 1. The number of carbonyl (C=O) groups is 1. The summed E-state index contributed by atoms with van der Waals surface area (Å²) in [5, 5.41) is 1.06. The van der Waals surface area contributed by atoms with Gasteiger partial charge in [0.25, 0.3) is 0 Å². The second-order valence-corrected chi connectivity index (χ2v) is 6.09. The lowest BCUT2D eigenvalue weighted by Gasteiger charge is -2.06. The Morgan fingerprint density at radius 3 is 2.84 bits per heavy atom. The largest absolute Gasteiger partial charge is 0.466 e. The average Bonchev–Trinajstić information content (AvgIpc) is 2.79. The summed E-state index contributed by atoms with van der Waals surface area (Å²) in [7, 11) is 1.58. The van der Waals surface area contributed by atoms with Crippen LogP contribution in [0.4, 0.5) is 0 Å². The van der Waals surface area contributed by atoms with Gasteiger partial charge in [0.2, 0.25) is 0 Å². The summed E-state index contributed by atoms with van der Waals surface area (Å²) in [6.07, 6.45) is 1.47. The minimum Gasteiger partial charge on any atom is -0.466 e. The number of ether oxygens (including phenoxy) is 2. The molecule has 0 saturated carbocycles. The molecule has 0 N–H and O–H groups in total. The lowest BCUT2D eigenvalue weighted by Crippen LogP contribution is -1.98. The van der Waals surface area contributed by atoms with E-state index >= 15 is 0 Å². The van der Waals surface area contributed by atoms with Gasteiger partial charge < -0.3 is 9.47 Å². The Labute approximate surface area is 124 Å². The van der Waals surface area contributed by atoms with E-state index in [-0.39, 0.29) is 12.6 Å². The van der Waals surface area contributed by atoms with Gasteiger partial charge in [-0.25, -0.2) is 0 Å². The van der Waals surface area contributed by atoms with Crippen LogP contribution in [0.2, 0.25) is 0 Å². The zero-order chi connectivity index (χ0) is 13.8. The Morgan fingerprint density at radius 2 is 2.16 bits per heavy atom. The van der Waals surface area contributed by atoms with E-state index in [0.29, 0.717) is 6.42 Å². The van der Waals surface area contributed by atoms with E-state index in [4.69, 9.17) is 9.47 Å². The third-order valence-corrected chi connectivity index (χ3v) is 4.41. The summed E-state index contributed by atoms with van der Waals surface area (Å²) in [6.45, 7) is 2.22. The van der Waals surface area contributed by atoms with E-state index in [1.54, 1.807) is 7.11 Å². The molecule has 2 aromatic rings. The molecular formula is C14H15BrO3S. The molecule has 0 aliphatic heterocycles. The second kappa shape index (κ2) is 6.50. The number of benzene rings is 1. The van der Waals surface area contributed by atoms with E-state index in [9.17, 15) is 4.79 Å². The first kappa shape index (κ1) is 14.5. The van der Waals surface area contributed by atoms with Crippen LogP contribution in [0, 0.1) is 0 Å². The first-order valence-corrected chi connectivity index (χ1v) is 7.64. The van der Waals surface area contributed by atoms with Crippen molar-refractivity contribution in [2.45, 2.75) is 19.8 Å². The molecule has 2 rings (SSSR count). The fraction of sp³-hybridized carbons (Fsp3) is 0.357. The van der Waals surface area contributed by atoms with Crippen molar-refractivity contribution in [1.29, 1.82) is 0 Å². The lowest BCUT2D eigenvalue weighted by atomic mass is 10.2. The summed E-state index contributed by atoms with van der Waals surface area (Å²) >= 11 is 4.97. The molecule has 1 heterocycles. The highest BCUT2D eigenvalue weighted by Gasteiger charge is 2.12. The van der Waals surface area contributed by atoms with E-state index in [2.05, 4.69) is 15.9 Å². The molecule has 5 heteroatoms. The van der Waals surface area contributed by atoms with Crippen LogP contribution in [0.1, 0.15) is 29.4 Å². The first-order valence-electron chi connectivity index (χ1n) is 6.03.